The smallest absolute Gasteiger partial charge is 0.227 e. The quantitative estimate of drug-likeness (QED) is 0.853. The molecule has 1 aromatic carbocycles. The van der Waals surface area contributed by atoms with E-state index >= 15 is 0 Å². The molecule has 120 valence electrons. The highest BCUT2D eigenvalue weighted by Gasteiger charge is 2.22. The summed E-state index contributed by atoms with van der Waals surface area (Å²) >= 11 is 11.9. The van der Waals surface area contributed by atoms with Crippen molar-refractivity contribution in [3.8, 4) is 0 Å². The number of halogens is 2. The van der Waals surface area contributed by atoms with Crippen molar-refractivity contribution in [1.82, 2.24) is 14.9 Å². The van der Waals surface area contributed by atoms with E-state index in [9.17, 15) is 4.79 Å². The minimum atomic E-state index is 0.0945. The van der Waals surface area contributed by atoms with Crippen LogP contribution in [0.4, 0.5) is 5.95 Å². The zero-order valence-corrected chi connectivity index (χ0v) is 14.0. The Kier molecular flexibility index (Phi) is 4.98. The molecule has 3 rings (SSSR count). The van der Waals surface area contributed by atoms with Crippen LogP contribution < -0.4 is 4.90 Å². The minimum Gasteiger partial charge on any atom is -0.339 e. The first-order valence-corrected chi connectivity index (χ1v) is 8.13. The second-order valence-electron chi connectivity index (χ2n) is 5.34. The van der Waals surface area contributed by atoms with Crippen LogP contribution in [0.3, 0.4) is 0 Å². The van der Waals surface area contributed by atoms with Gasteiger partial charge in [0.25, 0.3) is 0 Å². The Balaban J connectivity index is 1.57. The molecule has 2 heterocycles. The lowest BCUT2D eigenvalue weighted by Crippen LogP contribution is -2.49. The molecule has 0 N–H and O–H groups in total. The van der Waals surface area contributed by atoms with E-state index in [0.717, 1.165) is 18.7 Å². The molecule has 23 heavy (non-hydrogen) atoms. The number of rotatable bonds is 3. The molecule has 1 aliphatic rings. The number of hydrogen-bond acceptors (Lipinski definition) is 4. The Hall–Kier alpha value is -1.85. The number of piperazine rings is 1. The van der Waals surface area contributed by atoms with Gasteiger partial charge in [-0.25, -0.2) is 9.97 Å². The van der Waals surface area contributed by atoms with Gasteiger partial charge in [0, 0.05) is 38.6 Å². The van der Waals surface area contributed by atoms with Gasteiger partial charge in [-0.1, -0.05) is 29.3 Å². The summed E-state index contributed by atoms with van der Waals surface area (Å²) in [6.45, 7) is 2.80. The van der Waals surface area contributed by atoms with Crippen LogP contribution in [0.2, 0.25) is 10.0 Å². The zero-order chi connectivity index (χ0) is 16.2. The number of hydrogen-bond donors (Lipinski definition) is 0. The Labute approximate surface area is 144 Å². The Morgan fingerprint density at radius 2 is 1.74 bits per heavy atom. The van der Waals surface area contributed by atoms with E-state index in [1.54, 1.807) is 30.6 Å². The van der Waals surface area contributed by atoms with Crippen LogP contribution in [0.1, 0.15) is 5.56 Å². The molecule has 1 aliphatic heterocycles. The van der Waals surface area contributed by atoms with Crippen LogP contribution in [0, 0.1) is 0 Å². The summed E-state index contributed by atoms with van der Waals surface area (Å²) in [5, 5.41) is 0.974. The molecule has 5 nitrogen and oxygen atoms in total. The van der Waals surface area contributed by atoms with Crippen LogP contribution in [-0.4, -0.2) is 47.0 Å². The molecular formula is C16H16Cl2N4O. The fourth-order valence-electron chi connectivity index (χ4n) is 2.55. The number of aromatic nitrogens is 2. The van der Waals surface area contributed by atoms with Crippen molar-refractivity contribution in [3.05, 3.63) is 52.3 Å². The standard InChI is InChI=1S/C16H16Cl2N4O/c17-13-3-2-12(10-14(13)18)11-15(23)21-6-8-22(9-7-21)16-19-4-1-5-20-16/h1-5,10H,6-9,11H2. The Morgan fingerprint density at radius 1 is 1.04 bits per heavy atom. The predicted molar refractivity (Wildman–Crippen MR) is 91.0 cm³/mol. The normalized spacial score (nSPS) is 14.9. The van der Waals surface area contributed by atoms with Crippen LogP contribution >= 0.6 is 23.2 Å². The van der Waals surface area contributed by atoms with Crippen molar-refractivity contribution in [2.75, 3.05) is 31.1 Å². The second kappa shape index (κ2) is 7.15. The molecule has 0 saturated carbocycles. The maximum absolute atomic E-state index is 12.4. The zero-order valence-electron chi connectivity index (χ0n) is 12.5. The van der Waals surface area contributed by atoms with Crippen molar-refractivity contribution in [2.45, 2.75) is 6.42 Å². The number of anilines is 1. The van der Waals surface area contributed by atoms with Crippen molar-refractivity contribution in [1.29, 1.82) is 0 Å². The fourth-order valence-corrected chi connectivity index (χ4v) is 2.87. The number of carbonyl (C=O) groups excluding carboxylic acids is 1. The minimum absolute atomic E-state index is 0.0945. The van der Waals surface area contributed by atoms with Gasteiger partial charge >= 0.3 is 0 Å². The van der Waals surface area contributed by atoms with Gasteiger partial charge < -0.3 is 9.80 Å². The largest absolute Gasteiger partial charge is 0.339 e. The van der Waals surface area contributed by atoms with Gasteiger partial charge in [0.1, 0.15) is 0 Å². The number of benzene rings is 1. The maximum atomic E-state index is 12.4. The molecule has 0 unspecified atom stereocenters. The Bertz CT molecular complexity index is 688. The van der Waals surface area contributed by atoms with Crippen molar-refractivity contribution >= 4 is 35.1 Å². The maximum Gasteiger partial charge on any atom is 0.227 e. The van der Waals surface area contributed by atoms with Gasteiger partial charge in [-0.3, -0.25) is 4.79 Å². The van der Waals surface area contributed by atoms with E-state index in [1.165, 1.54) is 0 Å². The molecule has 2 aromatic rings. The van der Waals surface area contributed by atoms with Gasteiger partial charge in [-0.15, -0.1) is 0 Å². The molecule has 1 aromatic heterocycles. The second-order valence-corrected chi connectivity index (χ2v) is 6.16. The lowest BCUT2D eigenvalue weighted by atomic mass is 10.1. The van der Waals surface area contributed by atoms with Crippen molar-refractivity contribution in [2.24, 2.45) is 0 Å². The average molecular weight is 351 g/mol. The molecule has 1 saturated heterocycles. The molecule has 0 aliphatic carbocycles. The lowest BCUT2D eigenvalue weighted by Gasteiger charge is -2.34. The third-order valence-electron chi connectivity index (χ3n) is 3.81. The van der Waals surface area contributed by atoms with E-state index in [1.807, 2.05) is 11.0 Å². The van der Waals surface area contributed by atoms with E-state index in [-0.39, 0.29) is 5.91 Å². The number of amides is 1. The fraction of sp³-hybridized carbons (Fsp3) is 0.312. The third kappa shape index (κ3) is 3.92. The SMILES string of the molecule is O=C(Cc1ccc(Cl)c(Cl)c1)N1CCN(c2ncccn2)CC1. The summed E-state index contributed by atoms with van der Waals surface area (Å²) in [7, 11) is 0. The third-order valence-corrected chi connectivity index (χ3v) is 4.55. The molecule has 0 radical (unpaired) electrons. The molecule has 1 fully saturated rings. The van der Waals surface area contributed by atoms with E-state index in [4.69, 9.17) is 23.2 Å². The molecule has 0 bridgehead atoms. The molecular weight excluding hydrogens is 335 g/mol. The Morgan fingerprint density at radius 3 is 2.39 bits per heavy atom. The van der Waals surface area contributed by atoms with Crippen LogP contribution in [0.25, 0.3) is 0 Å². The van der Waals surface area contributed by atoms with E-state index in [0.29, 0.717) is 35.5 Å². The van der Waals surface area contributed by atoms with Gasteiger partial charge in [0.2, 0.25) is 11.9 Å². The van der Waals surface area contributed by atoms with Crippen LogP contribution in [-0.2, 0) is 11.2 Å². The summed E-state index contributed by atoms with van der Waals surface area (Å²) in [4.78, 5) is 24.8. The average Bonchev–Trinajstić information content (AvgIpc) is 2.59. The van der Waals surface area contributed by atoms with Gasteiger partial charge in [0.05, 0.1) is 16.5 Å². The molecule has 0 spiro atoms. The first kappa shape index (κ1) is 16.0. The van der Waals surface area contributed by atoms with Gasteiger partial charge in [0.15, 0.2) is 0 Å². The predicted octanol–water partition coefficient (Wildman–Crippen LogP) is 2.67. The lowest BCUT2D eigenvalue weighted by molar-refractivity contribution is -0.130. The summed E-state index contributed by atoms with van der Waals surface area (Å²) < 4.78 is 0. The monoisotopic (exact) mass is 350 g/mol. The van der Waals surface area contributed by atoms with Gasteiger partial charge in [-0.05, 0) is 23.8 Å². The number of carbonyl (C=O) groups is 1. The first-order valence-electron chi connectivity index (χ1n) is 7.37. The van der Waals surface area contributed by atoms with Crippen molar-refractivity contribution < 1.29 is 4.79 Å². The van der Waals surface area contributed by atoms with Crippen molar-refractivity contribution in [3.63, 3.8) is 0 Å². The summed E-state index contributed by atoms with van der Waals surface area (Å²) in [5.74, 6) is 0.807. The highest BCUT2D eigenvalue weighted by molar-refractivity contribution is 6.42. The summed E-state index contributed by atoms with van der Waals surface area (Å²) in [6.07, 6.45) is 3.78. The first-order chi connectivity index (χ1) is 11.1. The van der Waals surface area contributed by atoms with E-state index < -0.39 is 0 Å². The molecule has 7 heteroatoms. The van der Waals surface area contributed by atoms with Crippen LogP contribution in [0.5, 0.6) is 0 Å². The van der Waals surface area contributed by atoms with Crippen LogP contribution in [0.15, 0.2) is 36.7 Å². The molecule has 0 atom stereocenters. The number of nitrogens with zero attached hydrogens (tertiary/aromatic N) is 4. The highest BCUT2D eigenvalue weighted by Crippen LogP contribution is 2.23. The highest BCUT2D eigenvalue weighted by atomic mass is 35.5. The topological polar surface area (TPSA) is 49.3 Å². The van der Waals surface area contributed by atoms with E-state index in [2.05, 4.69) is 14.9 Å². The van der Waals surface area contributed by atoms with Gasteiger partial charge in [-0.2, -0.15) is 0 Å². The summed E-state index contributed by atoms with van der Waals surface area (Å²) in [6, 6.07) is 7.09. The summed E-state index contributed by atoms with van der Waals surface area (Å²) in [5.41, 5.74) is 0.873. The molecule has 1 amide bonds.